The zero-order chi connectivity index (χ0) is 16.2. The zero-order valence-electron chi connectivity index (χ0n) is 11.1. The van der Waals surface area contributed by atoms with Gasteiger partial charge in [-0.2, -0.15) is 0 Å². The number of hydrogen-bond acceptors (Lipinski definition) is 3. The number of hydrogen-bond donors (Lipinski definition) is 3. The number of thiocarbonyl (C=S) groups is 1. The Labute approximate surface area is 130 Å². The molecule has 0 unspecified atom stereocenters. The summed E-state index contributed by atoms with van der Waals surface area (Å²) >= 11 is 5.09. The van der Waals surface area contributed by atoms with Gasteiger partial charge in [-0.15, -0.1) is 13.2 Å². The van der Waals surface area contributed by atoms with Crippen molar-refractivity contribution in [2.45, 2.75) is 6.36 Å². The molecule has 0 saturated carbocycles. The Balaban J connectivity index is 1.99. The van der Waals surface area contributed by atoms with Gasteiger partial charge in [-0.25, -0.2) is 0 Å². The minimum Gasteiger partial charge on any atom is -0.406 e. The Bertz CT molecular complexity index is 659. The molecule has 0 amide bonds. The van der Waals surface area contributed by atoms with Gasteiger partial charge >= 0.3 is 6.36 Å². The van der Waals surface area contributed by atoms with Crippen LogP contribution in [-0.2, 0) is 0 Å². The average molecular weight is 327 g/mol. The lowest BCUT2D eigenvalue weighted by atomic mass is 10.3. The lowest BCUT2D eigenvalue weighted by Crippen LogP contribution is -2.20. The van der Waals surface area contributed by atoms with Crippen LogP contribution in [-0.4, -0.2) is 11.5 Å². The lowest BCUT2D eigenvalue weighted by Gasteiger charge is -2.13. The monoisotopic (exact) mass is 327 g/mol. The summed E-state index contributed by atoms with van der Waals surface area (Å²) in [7, 11) is 0. The molecule has 2 rings (SSSR count). The molecule has 0 spiro atoms. The number of rotatable bonds is 3. The zero-order valence-corrected chi connectivity index (χ0v) is 12.0. The third kappa shape index (κ3) is 5.13. The van der Waals surface area contributed by atoms with Crippen LogP contribution in [0.5, 0.6) is 5.75 Å². The van der Waals surface area contributed by atoms with E-state index in [1.807, 2.05) is 0 Å². The molecule has 0 fully saturated rings. The van der Waals surface area contributed by atoms with E-state index >= 15 is 0 Å². The van der Waals surface area contributed by atoms with Gasteiger partial charge in [0, 0.05) is 23.1 Å². The first-order valence-corrected chi connectivity index (χ1v) is 6.52. The maximum absolute atomic E-state index is 12.2. The normalized spacial score (nSPS) is 10.9. The van der Waals surface area contributed by atoms with Crippen molar-refractivity contribution in [1.29, 1.82) is 0 Å². The molecule has 2 aromatic rings. The summed E-state index contributed by atoms with van der Waals surface area (Å²) in [5.41, 5.74) is 7.25. The largest absolute Gasteiger partial charge is 0.573 e. The molecule has 0 atom stereocenters. The van der Waals surface area contributed by atoms with Gasteiger partial charge in [-0.05, 0) is 48.6 Å². The van der Waals surface area contributed by atoms with Gasteiger partial charge in [-0.1, -0.05) is 6.07 Å². The number of nitrogens with two attached hydrogens (primary N) is 1. The predicted octanol–water partition coefficient (Wildman–Crippen LogP) is 3.98. The van der Waals surface area contributed by atoms with E-state index in [1.54, 1.807) is 30.3 Å². The summed E-state index contributed by atoms with van der Waals surface area (Å²) in [4.78, 5) is 0. The van der Waals surface area contributed by atoms with Crippen molar-refractivity contribution in [3.63, 3.8) is 0 Å². The molecule has 2 aromatic carbocycles. The van der Waals surface area contributed by atoms with Gasteiger partial charge in [0.25, 0.3) is 0 Å². The summed E-state index contributed by atoms with van der Waals surface area (Å²) in [5.74, 6) is -0.326. The molecule has 0 heterocycles. The lowest BCUT2D eigenvalue weighted by molar-refractivity contribution is -0.274. The van der Waals surface area contributed by atoms with E-state index < -0.39 is 6.36 Å². The van der Waals surface area contributed by atoms with Gasteiger partial charge in [0.05, 0.1) is 0 Å². The Hall–Kier alpha value is -2.48. The van der Waals surface area contributed by atoms with Crippen molar-refractivity contribution in [2.75, 3.05) is 16.4 Å². The third-order valence-electron chi connectivity index (χ3n) is 2.49. The van der Waals surface area contributed by atoms with E-state index in [0.29, 0.717) is 17.1 Å². The molecule has 4 N–H and O–H groups in total. The molecule has 22 heavy (non-hydrogen) atoms. The van der Waals surface area contributed by atoms with E-state index in [2.05, 4.69) is 15.4 Å². The first-order chi connectivity index (χ1) is 10.3. The number of nitrogens with one attached hydrogen (secondary N) is 2. The maximum atomic E-state index is 12.2. The van der Waals surface area contributed by atoms with E-state index in [0.717, 1.165) is 0 Å². The second kappa shape index (κ2) is 6.52. The third-order valence-corrected chi connectivity index (χ3v) is 2.70. The molecule has 0 aromatic heterocycles. The summed E-state index contributed by atoms with van der Waals surface area (Å²) in [5, 5.41) is 5.89. The van der Waals surface area contributed by atoms with Crippen LogP contribution in [0.25, 0.3) is 0 Å². The van der Waals surface area contributed by atoms with Crippen LogP contribution < -0.4 is 21.1 Å². The average Bonchev–Trinajstić information content (AvgIpc) is 2.40. The molecule has 8 heteroatoms. The van der Waals surface area contributed by atoms with Crippen molar-refractivity contribution in [1.82, 2.24) is 0 Å². The molecular weight excluding hydrogens is 315 g/mol. The topological polar surface area (TPSA) is 59.3 Å². The number of ether oxygens (including phenoxy) is 1. The molecule has 0 aliphatic carbocycles. The first-order valence-electron chi connectivity index (χ1n) is 6.11. The number of benzene rings is 2. The van der Waals surface area contributed by atoms with Crippen molar-refractivity contribution in [2.24, 2.45) is 0 Å². The number of alkyl halides is 3. The summed E-state index contributed by atoms with van der Waals surface area (Å²) < 4.78 is 40.3. The SMILES string of the molecule is Nc1ccc(NC(=S)Nc2cccc(OC(F)(F)F)c2)cc1. The van der Waals surface area contributed by atoms with E-state index in [4.69, 9.17) is 18.0 Å². The fourth-order valence-corrected chi connectivity index (χ4v) is 1.87. The molecular formula is C14H12F3N3OS. The first kappa shape index (κ1) is 15.9. The maximum Gasteiger partial charge on any atom is 0.573 e. The molecule has 0 aliphatic heterocycles. The summed E-state index contributed by atoms with van der Waals surface area (Å²) in [6, 6.07) is 12.2. The number of nitrogen functional groups attached to an aromatic ring is 1. The van der Waals surface area contributed by atoms with Crippen LogP contribution >= 0.6 is 12.2 Å². The second-order valence-corrected chi connectivity index (χ2v) is 4.69. The molecule has 0 saturated heterocycles. The molecule has 4 nitrogen and oxygen atoms in total. The van der Waals surface area contributed by atoms with Crippen molar-refractivity contribution in [3.8, 4) is 5.75 Å². The predicted molar refractivity (Wildman–Crippen MR) is 83.8 cm³/mol. The van der Waals surface area contributed by atoms with E-state index in [9.17, 15) is 13.2 Å². The van der Waals surface area contributed by atoms with Gasteiger partial charge in [-0.3, -0.25) is 0 Å². The molecule has 0 radical (unpaired) electrons. The van der Waals surface area contributed by atoms with Crippen LogP contribution in [0.1, 0.15) is 0 Å². The van der Waals surface area contributed by atoms with Gasteiger partial charge in [0.2, 0.25) is 0 Å². The highest BCUT2D eigenvalue weighted by Crippen LogP contribution is 2.25. The Morgan fingerprint density at radius 1 is 1.00 bits per heavy atom. The van der Waals surface area contributed by atoms with Crippen molar-refractivity contribution >= 4 is 34.4 Å². The Kier molecular flexibility index (Phi) is 4.71. The van der Waals surface area contributed by atoms with Gasteiger partial charge < -0.3 is 21.1 Å². The van der Waals surface area contributed by atoms with Crippen LogP contribution in [0.3, 0.4) is 0 Å². The standard InChI is InChI=1S/C14H12F3N3OS/c15-14(16,17)21-12-3-1-2-11(8-12)20-13(22)19-10-6-4-9(18)5-7-10/h1-8H,18H2,(H2,19,20,22). The molecule has 0 aliphatic rings. The highest BCUT2D eigenvalue weighted by Gasteiger charge is 2.31. The second-order valence-electron chi connectivity index (χ2n) is 4.28. The van der Waals surface area contributed by atoms with Crippen molar-refractivity contribution < 1.29 is 17.9 Å². The Morgan fingerprint density at radius 3 is 2.27 bits per heavy atom. The quantitative estimate of drug-likeness (QED) is 0.588. The molecule has 116 valence electrons. The van der Waals surface area contributed by atoms with Crippen molar-refractivity contribution in [3.05, 3.63) is 48.5 Å². The summed E-state index contributed by atoms with van der Waals surface area (Å²) in [6.45, 7) is 0. The van der Waals surface area contributed by atoms with Gasteiger partial charge in [0.1, 0.15) is 5.75 Å². The van der Waals surface area contributed by atoms with Gasteiger partial charge in [0.15, 0.2) is 5.11 Å². The highest BCUT2D eigenvalue weighted by molar-refractivity contribution is 7.80. The van der Waals surface area contributed by atoms with Crippen LogP contribution in [0.2, 0.25) is 0 Å². The smallest absolute Gasteiger partial charge is 0.406 e. The van der Waals surface area contributed by atoms with E-state index in [-0.39, 0.29) is 10.9 Å². The van der Waals surface area contributed by atoms with E-state index in [1.165, 1.54) is 18.2 Å². The van der Waals surface area contributed by atoms with Crippen LogP contribution in [0, 0.1) is 0 Å². The number of anilines is 3. The number of halogens is 3. The van der Waals surface area contributed by atoms with Crippen LogP contribution in [0.4, 0.5) is 30.2 Å². The minimum absolute atomic E-state index is 0.230. The van der Waals surface area contributed by atoms with Crippen LogP contribution in [0.15, 0.2) is 48.5 Å². The minimum atomic E-state index is -4.73. The molecule has 0 bridgehead atoms. The highest BCUT2D eigenvalue weighted by atomic mass is 32.1. The fraction of sp³-hybridized carbons (Fsp3) is 0.0714. The fourth-order valence-electron chi connectivity index (χ4n) is 1.63. The summed E-state index contributed by atoms with van der Waals surface area (Å²) in [6.07, 6.45) is -4.73. The Morgan fingerprint density at radius 2 is 1.64 bits per heavy atom.